The van der Waals surface area contributed by atoms with Crippen molar-refractivity contribution in [2.75, 3.05) is 16.8 Å². The summed E-state index contributed by atoms with van der Waals surface area (Å²) in [6.07, 6.45) is 0. The Labute approximate surface area is 114 Å². The van der Waals surface area contributed by atoms with Crippen LogP contribution in [0.4, 0.5) is 5.69 Å². The summed E-state index contributed by atoms with van der Waals surface area (Å²) in [6, 6.07) is 4.85. The van der Waals surface area contributed by atoms with Crippen molar-refractivity contribution in [2.24, 2.45) is 0 Å². The molecule has 18 heavy (non-hydrogen) atoms. The Bertz CT molecular complexity index is 493. The number of hydrogen-bond donors (Lipinski definition) is 2. The predicted octanol–water partition coefficient (Wildman–Crippen LogP) is 1.82. The van der Waals surface area contributed by atoms with Crippen LogP contribution in [0, 0.1) is 6.92 Å². The molecule has 0 saturated carbocycles. The molecule has 1 aliphatic heterocycles. The SMILES string of the molecule is Cc1ccc(NC(=O)C2CSCC(=O)N2)cc1Cl. The molecule has 1 aromatic carbocycles. The van der Waals surface area contributed by atoms with Gasteiger partial charge in [-0.1, -0.05) is 17.7 Å². The number of thioether (sulfide) groups is 1. The zero-order chi connectivity index (χ0) is 13.1. The third-order valence-corrected chi connectivity index (χ3v) is 4.05. The van der Waals surface area contributed by atoms with E-state index in [1.54, 1.807) is 12.1 Å². The molecular weight excluding hydrogens is 272 g/mol. The van der Waals surface area contributed by atoms with Gasteiger partial charge in [0.25, 0.3) is 0 Å². The van der Waals surface area contributed by atoms with Crippen LogP contribution >= 0.6 is 23.4 Å². The van der Waals surface area contributed by atoms with Crippen molar-refractivity contribution in [1.29, 1.82) is 0 Å². The van der Waals surface area contributed by atoms with Crippen LogP contribution in [0.1, 0.15) is 5.56 Å². The Morgan fingerprint density at radius 2 is 2.33 bits per heavy atom. The second-order valence-corrected chi connectivity index (χ2v) is 5.53. The van der Waals surface area contributed by atoms with Crippen LogP contribution in [0.15, 0.2) is 18.2 Å². The van der Waals surface area contributed by atoms with E-state index >= 15 is 0 Å². The second-order valence-electron chi connectivity index (χ2n) is 4.09. The quantitative estimate of drug-likeness (QED) is 0.871. The summed E-state index contributed by atoms with van der Waals surface area (Å²) in [5.74, 6) is 0.695. The van der Waals surface area contributed by atoms with Gasteiger partial charge < -0.3 is 10.6 Å². The molecule has 1 aromatic rings. The fourth-order valence-electron chi connectivity index (χ4n) is 1.59. The highest BCUT2D eigenvalue weighted by molar-refractivity contribution is 8.00. The van der Waals surface area contributed by atoms with Crippen molar-refractivity contribution in [3.8, 4) is 0 Å². The van der Waals surface area contributed by atoms with Crippen LogP contribution in [0.3, 0.4) is 0 Å². The first-order valence-corrected chi connectivity index (χ1v) is 7.03. The second kappa shape index (κ2) is 5.63. The highest BCUT2D eigenvalue weighted by Gasteiger charge is 2.25. The number of benzene rings is 1. The van der Waals surface area contributed by atoms with Gasteiger partial charge >= 0.3 is 0 Å². The van der Waals surface area contributed by atoms with Gasteiger partial charge in [0.05, 0.1) is 5.75 Å². The minimum Gasteiger partial charge on any atom is -0.343 e. The van der Waals surface area contributed by atoms with Crippen molar-refractivity contribution in [3.05, 3.63) is 28.8 Å². The average Bonchev–Trinajstić information content (AvgIpc) is 2.34. The van der Waals surface area contributed by atoms with Gasteiger partial charge in [-0.3, -0.25) is 9.59 Å². The Kier molecular flexibility index (Phi) is 4.14. The molecule has 0 spiro atoms. The number of amides is 2. The lowest BCUT2D eigenvalue weighted by atomic mass is 10.2. The van der Waals surface area contributed by atoms with Crippen molar-refractivity contribution in [3.63, 3.8) is 0 Å². The molecule has 1 heterocycles. The standard InChI is InChI=1S/C12H13ClN2O2S/c1-7-2-3-8(4-9(7)13)14-12(17)10-5-18-6-11(16)15-10/h2-4,10H,5-6H2,1H3,(H,14,17)(H,15,16). The van der Waals surface area contributed by atoms with E-state index in [2.05, 4.69) is 10.6 Å². The number of halogens is 1. The highest BCUT2D eigenvalue weighted by Crippen LogP contribution is 2.20. The summed E-state index contributed by atoms with van der Waals surface area (Å²) >= 11 is 7.44. The summed E-state index contributed by atoms with van der Waals surface area (Å²) in [6.45, 7) is 1.89. The van der Waals surface area contributed by atoms with Crippen LogP contribution in [0.25, 0.3) is 0 Å². The molecule has 2 amide bonds. The highest BCUT2D eigenvalue weighted by atomic mass is 35.5. The number of anilines is 1. The summed E-state index contributed by atoms with van der Waals surface area (Å²) in [5, 5.41) is 6.01. The zero-order valence-electron chi connectivity index (χ0n) is 9.83. The first kappa shape index (κ1) is 13.2. The molecule has 1 atom stereocenters. The van der Waals surface area contributed by atoms with E-state index in [0.29, 0.717) is 22.2 Å². The zero-order valence-corrected chi connectivity index (χ0v) is 11.4. The lowest BCUT2D eigenvalue weighted by molar-refractivity contribution is -0.124. The molecule has 1 aliphatic rings. The lowest BCUT2D eigenvalue weighted by Gasteiger charge is -2.22. The smallest absolute Gasteiger partial charge is 0.247 e. The molecule has 1 unspecified atom stereocenters. The Morgan fingerprint density at radius 3 is 3.00 bits per heavy atom. The summed E-state index contributed by atoms with van der Waals surface area (Å²) in [5.41, 5.74) is 1.59. The number of hydrogen-bond acceptors (Lipinski definition) is 3. The van der Waals surface area contributed by atoms with Crippen LogP contribution < -0.4 is 10.6 Å². The third-order valence-electron chi connectivity index (χ3n) is 2.61. The van der Waals surface area contributed by atoms with Gasteiger partial charge in [-0.15, -0.1) is 11.8 Å². The van der Waals surface area contributed by atoms with Gasteiger partial charge in [0.15, 0.2) is 0 Å². The molecule has 1 fully saturated rings. The van der Waals surface area contributed by atoms with Crippen molar-refractivity contribution in [2.45, 2.75) is 13.0 Å². The Hall–Kier alpha value is -1.20. The summed E-state index contributed by atoms with van der Waals surface area (Å²) in [4.78, 5) is 23.1. The van der Waals surface area contributed by atoms with Crippen LogP contribution in [-0.2, 0) is 9.59 Å². The molecular formula is C12H13ClN2O2S. The Balaban J connectivity index is 2.02. The number of nitrogens with one attached hydrogen (secondary N) is 2. The molecule has 2 N–H and O–H groups in total. The maximum atomic E-state index is 11.9. The third kappa shape index (κ3) is 3.17. The van der Waals surface area contributed by atoms with Crippen LogP contribution in [0.5, 0.6) is 0 Å². The predicted molar refractivity (Wildman–Crippen MR) is 74.1 cm³/mol. The topological polar surface area (TPSA) is 58.2 Å². The van der Waals surface area contributed by atoms with E-state index < -0.39 is 6.04 Å². The molecule has 6 heteroatoms. The summed E-state index contributed by atoms with van der Waals surface area (Å²) in [7, 11) is 0. The van der Waals surface area contributed by atoms with E-state index in [1.165, 1.54) is 11.8 Å². The molecule has 0 aliphatic carbocycles. The van der Waals surface area contributed by atoms with Crippen molar-refractivity contribution < 1.29 is 9.59 Å². The largest absolute Gasteiger partial charge is 0.343 e. The normalized spacial score (nSPS) is 19.2. The lowest BCUT2D eigenvalue weighted by Crippen LogP contribution is -2.49. The molecule has 0 bridgehead atoms. The minimum absolute atomic E-state index is 0.103. The number of carbonyl (C=O) groups excluding carboxylic acids is 2. The van der Waals surface area contributed by atoms with Crippen molar-refractivity contribution >= 4 is 40.9 Å². The van der Waals surface area contributed by atoms with E-state index in [1.807, 2.05) is 13.0 Å². The maximum absolute atomic E-state index is 11.9. The van der Waals surface area contributed by atoms with Gasteiger partial charge in [0, 0.05) is 16.5 Å². The van der Waals surface area contributed by atoms with E-state index in [0.717, 1.165) is 5.56 Å². The van der Waals surface area contributed by atoms with Gasteiger partial charge in [-0.25, -0.2) is 0 Å². The van der Waals surface area contributed by atoms with Crippen molar-refractivity contribution in [1.82, 2.24) is 5.32 Å². The van der Waals surface area contributed by atoms with E-state index in [4.69, 9.17) is 11.6 Å². The van der Waals surface area contributed by atoms with Gasteiger partial charge in [0.2, 0.25) is 11.8 Å². The van der Waals surface area contributed by atoms with Crippen LogP contribution in [-0.4, -0.2) is 29.4 Å². The molecule has 0 aromatic heterocycles. The molecule has 0 radical (unpaired) electrons. The summed E-state index contributed by atoms with van der Waals surface area (Å²) < 4.78 is 0. The molecule has 2 rings (SSSR count). The van der Waals surface area contributed by atoms with Gasteiger partial charge in [-0.2, -0.15) is 0 Å². The first-order chi connectivity index (χ1) is 8.56. The fraction of sp³-hybridized carbons (Fsp3) is 0.333. The molecule has 4 nitrogen and oxygen atoms in total. The number of carbonyl (C=O) groups is 2. The number of aryl methyl sites for hydroxylation is 1. The monoisotopic (exact) mass is 284 g/mol. The van der Waals surface area contributed by atoms with Gasteiger partial charge in [0.1, 0.15) is 6.04 Å². The first-order valence-electron chi connectivity index (χ1n) is 5.50. The van der Waals surface area contributed by atoms with Crippen LogP contribution in [0.2, 0.25) is 5.02 Å². The minimum atomic E-state index is -0.476. The van der Waals surface area contributed by atoms with E-state index in [-0.39, 0.29) is 11.8 Å². The maximum Gasteiger partial charge on any atom is 0.247 e. The average molecular weight is 285 g/mol. The van der Waals surface area contributed by atoms with E-state index in [9.17, 15) is 9.59 Å². The van der Waals surface area contributed by atoms with Gasteiger partial charge in [-0.05, 0) is 24.6 Å². The fourth-order valence-corrected chi connectivity index (χ4v) is 2.63. The molecule has 96 valence electrons. The Morgan fingerprint density at radius 1 is 1.56 bits per heavy atom. The molecule has 1 saturated heterocycles. The number of rotatable bonds is 2.